The Balaban J connectivity index is 2.28. The van der Waals surface area contributed by atoms with Crippen LogP contribution in [-0.2, 0) is 0 Å². The Labute approximate surface area is 114 Å². The molecule has 1 aromatic carbocycles. The summed E-state index contributed by atoms with van der Waals surface area (Å²) in [5.74, 6) is -0.412. The first-order chi connectivity index (χ1) is 8.52. The van der Waals surface area contributed by atoms with E-state index < -0.39 is 4.33 Å². The van der Waals surface area contributed by atoms with Crippen LogP contribution in [-0.4, -0.2) is 15.9 Å². The van der Waals surface area contributed by atoms with Crippen LogP contribution in [0, 0.1) is 0 Å². The number of carbonyl (C=O) groups is 2. The molecule has 90 valence electrons. The van der Waals surface area contributed by atoms with Crippen molar-refractivity contribution in [2.24, 2.45) is 0 Å². The maximum absolute atomic E-state index is 12.4. The van der Waals surface area contributed by atoms with Crippen LogP contribution in [0.2, 0.25) is 0 Å². The van der Waals surface area contributed by atoms with Gasteiger partial charge in [0.05, 0.1) is 0 Å². The van der Waals surface area contributed by atoms with Crippen molar-refractivity contribution < 1.29 is 9.59 Å². The average molecular weight is 279 g/mol. The molecule has 0 N–H and O–H groups in total. The van der Waals surface area contributed by atoms with E-state index in [0.717, 1.165) is 0 Å². The highest BCUT2D eigenvalue weighted by Gasteiger charge is 2.42. The number of carbonyl (C=O) groups excluding carboxylic acids is 2. The van der Waals surface area contributed by atoms with Crippen molar-refractivity contribution in [3.05, 3.63) is 58.7 Å². The third-order valence-electron chi connectivity index (χ3n) is 3.20. The number of rotatable bonds is 0. The Morgan fingerprint density at radius 1 is 1.00 bits per heavy atom. The summed E-state index contributed by atoms with van der Waals surface area (Å²) in [5, 5.41) is 0. The van der Waals surface area contributed by atoms with Gasteiger partial charge in [-0.2, -0.15) is 0 Å². The van der Waals surface area contributed by atoms with Crippen LogP contribution >= 0.6 is 23.2 Å². The standard InChI is InChI=1S/C14H8Cl2O2/c15-14(16)7-3-6-10-11(14)13(18)9-5-2-1-4-8(9)12(10)17/h1-5,7H,6H2. The number of allylic oxidation sites excluding steroid dienone is 4. The molecular formula is C14H8Cl2O2. The zero-order valence-corrected chi connectivity index (χ0v) is 10.8. The van der Waals surface area contributed by atoms with Crippen molar-refractivity contribution in [1.29, 1.82) is 0 Å². The third-order valence-corrected chi connectivity index (χ3v) is 3.83. The van der Waals surface area contributed by atoms with E-state index >= 15 is 0 Å². The molecule has 0 fully saturated rings. The highest BCUT2D eigenvalue weighted by molar-refractivity contribution is 6.55. The summed E-state index contributed by atoms with van der Waals surface area (Å²) in [6.45, 7) is 0. The van der Waals surface area contributed by atoms with Crippen molar-refractivity contribution in [3.63, 3.8) is 0 Å². The normalized spacial score (nSPS) is 20.8. The maximum atomic E-state index is 12.4. The molecule has 0 heterocycles. The summed E-state index contributed by atoms with van der Waals surface area (Å²) in [6, 6.07) is 6.74. The second kappa shape index (κ2) is 3.81. The highest BCUT2D eigenvalue weighted by Crippen LogP contribution is 2.43. The number of ketones is 2. The van der Waals surface area contributed by atoms with E-state index in [4.69, 9.17) is 23.2 Å². The van der Waals surface area contributed by atoms with E-state index in [-0.39, 0.29) is 17.1 Å². The zero-order valence-electron chi connectivity index (χ0n) is 9.24. The van der Waals surface area contributed by atoms with Gasteiger partial charge in [0.2, 0.25) is 0 Å². The predicted molar refractivity (Wildman–Crippen MR) is 70.3 cm³/mol. The Morgan fingerprint density at radius 3 is 2.28 bits per heavy atom. The van der Waals surface area contributed by atoms with Gasteiger partial charge in [-0.15, -0.1) is 0 Å². The van der Waals surface area contributed by atoms with Crippen LogP contribution in [0.4, 0.5) is 0 Å². The minimum absolute atomic E-state index is 0.157. The van der Waals surface area contributed by atoms with Gasteiger partial charge in [0.1, 0.15) is 0 Å². The van der Waals surface area contributed by atoms with Crippen molar-refractivity contribution in [3.8, 4) is 0 Å². The van der Waals surface area contributed by atoms with Crippen LogP contribution < -0.4 is 0 Å². The highest BCUT2D eigenvalue weighted by atomic mass is 35.5. The molecule has 0 radical (unpaired) electrons. The SMILES string of the molecule is O=C1C2=C(C(=O)c3ccccc31)C(Cl)(Cl)C=CC2. The van der Waals surface area contributed by atoms with Gasteiger partial charge < -0.3 is 0 Å². The fraction of sp³-hybridized carbons (Fsp3) is 0.143. The van der Waals surface area contributed by atoms with E-state index in [9.17, 15) is 9.59 Å². The summed E-state index contributed by atoms with van der Waals surface area (Å²) >= 11 is 12.2. The molecule has 0 saturated carbocycles. The van der Waals surface area contributed by atoms with Gasteiger partial charge in [0, 0.05) is 22.3 Å². The van der Waals surface area contributed by atoms with Gasteiger partial charge >= 0.3 is 0 Å². The molecule has 2 nitrogen and oxygen atoms in total. The van der Waals surface area contributed by atoms with Crippen molar-refractivity contribution in [1.82, 2.24) is 0 Å². The fourth-order valence-electron chi connectivity index (χ4n) is 2.38. The molecule has 2 aliphatic carbocycles. The van der Waals surface area contributed by atoms with Crippen LogP contribution in [0.1, 0.15) is 27.1 Å². The van der Waals surface area contributed by atoms with E-state index in [1.54, 1.807) is 36.4 Å². The topological polar surface area (TPSA) is 34.1 Å². The summed E-state index contributed by atoms with van der Waals surface area (Å²) < 4.78 is -1.41. The van der Waals surface area contributed by atoms with Crippen molar-refractivity contribution in [2.45, 2.75) is 10.8 Å². The predicted octanol–water partition coefficient (Wildman–Crippen LogP) is 3.50. The van der Waals surface area contributed by atoms with Crippen molar-refractivity contribution in [2.75, 3.05) is 0 Å². The second-order valence-electron chi connectivity index (χ2n) is 4.29. The molecule has 0 atom stereocenters. The molecule has 0 unspecified atom stereocenters. The first kappa shape index (κ1) is 11.7. The van der Waals surface area contributed by atoms with Crippen LogP contribution in [0.25, 0.3) is 0 Å². The summed E-state index contributed by atoms with van der Waals surface area (Å²) in [6.07, 6.45) is 3.67. The molecule has 3 rings (SSSR count). The molecule has 4 heteroatoms. The van der Waals surface area contributed by atoms with Crippen LogP contribution in [0.5, 0.6) is 0 Å². The molecule has 0 spiro atoms. The largest absolute Gasteiger partial charge is 0.289 e. The molecular weight excluding hydrogens is 271 g/mol. The Bertz CT molecular complexity index is 639. The first-order valence-electron chi connectivity index (χ1n) is 5.50. The Kier molecular flexibility index (Phi) is 2.47. The number of hydrogen-bond acceptors (Lipinski definition) is 2. The average Bonchev–Trinajstić information content (AvgIpc) is 2.35. The van der Waals surface area contributed by atoms with E-state index in [2.05, 4.69) is 0 Å². The molecule has 1 aromatic rings. The van der Waals surface area contributed by atoms with Gasteiger partial charge in [-0.05, 0) is 12.5 Å². The Morgan fingerprint density at radius 2 is 1.61 bits per heavy atom. The second-order valence-corrected chi connectivity index (χ2v) is 5.67. The maximum Gasteiger partial charge on any atom is 0.193 e. The van der Waals surface area contributed by atoms with E-state index in [1.165, 1.54) is 0 Å². The smallest absolute Gasteiger partial charge is 0.193 e. The minimum Gasteiger partial charge on any atom is -0.289 e. The molecule has 0 saturated heterocycles. The molecule has 0 bridgehead atoms. The van der Waals surface area contributed by atoms with E-state index in [0.29, 0.717) is 23.1 Å². The first-order valence-corrected chi connectivity index (χ1v) is 6.25. The number of Topliss-reactive ketones (excluding diaryl/α,β-unsaturated/α-hetero) is 2. The lowest BCUT2D eigenvalue weighted by molar-refractivity contribution is 0.0969. The summed E-state index contributed by atoms with van der Waals surface area (Å²) in [4.78, 5) is 24.7. The monoisotopic (exact) mass is 278 g/mol. The van der Waals surface area contributed by atoms with Gasteiger partial charge in [0.25, 0.3) is 0 Å². The van der Waals surface area contributed by atoms with Gasteiger partial charge in [-0.1, -0.05) is 53.5 Å². The molecule has 2 aliphatic rings. The minimum atomic E-state index is -1.41. The number of halogens is 2. The van der Waals surface area contributed by atoms with Gasteiger partial charge in [0.15, 0.2) is 15.9 Å². The molecule has 0 aliphatic heterocycles. The fourth-order valence-corrected chi connectivity index (χ4v) is 2.96. The number of benzene rings is 1. The van der Waals surface area contributed by atoms with Crippen molar-refractivity contribution >= 4 is 34.8 Å². The van der Waals surface area contributed by atoms with Gasteiger partial charge in [-0.25, -0.2) is 0 Å². The molecule has 0 aromatic heterocycles. The van der Waals surface area contributed by atoms with Crippen LogP contribution in [0.15, 0.2) is 47.6 Å². The van der Waals surface area contributed by atoms with Gasteiger partial charge in [-0.3, -0.25) is 9.59 Å². The summed E-state index contributed by atoms with van der Waals surface area (Å²) in [7, 11) is 0. The number of hydrogen-bond donors (Lipinski definition) is 0. The third kappa shape index (κ3) is 1.49. The van der Waals surface area contributed by atoms with Crippen LogP contribution in [0.3, 0.4) is 0 Å². The van der Waals surface area contributed by atoms with E-state index in [1.807, 2.05) is 0 Å². The number of alkyl halides is 2. The zero-order chi connectivity index (χ0) is 12.9. The lowest BCUT2D eigenvalue weighted by Gasteiger charge is -2.29. The lowest BCUT2D eigenvalue weighted by atomic mass is 9.79. The lowest BCUT2D eigenvalue weighted by Crippen LogP contribution is -2.32. The molecule has 0 amide bonds. The summed E-state index contributed by atoms with van der Waals surface area (Å²) in [5.41, 5.74) is 1.42. The molecule has 18 heavy (non-hydrogen) atoms. The number of fused-ring (bicyclic) bond motifs is 1. The Hall–Kier alpha value is -1.38. The quantitative estimate of drug-likeness (QED) is 0.538.